The van der Waals surface area contributed by atoms with Crippen LogP contribution in [0.1, 0.15) is 44.8 Å². The number of hydrogen-bond donors (Lipinski definition) is 2. The SMILES string of the molecule is CC12CN3CC(C)(CN(C1)C3c1ccc(NC(=O)CCCC(=O)O)cc1)C2=O. The number of rotatable bonds is 6. The molecule has 28 heavy (non-hydrogen) atoms. The minimum Gasteiger partial charge on any atom is -0.481 e. The summed E-state index contributed by atoms with van der Waals surface area (Å²) in [5.74, 6) is -0.648. The number of anilines is 1. The van der Waals surface area contributed by atoms with Crippen molar-refractivity contribution in [1.29, 1.82) is 0 Å². The van der Waals surface area contributed by atoms with Crippen LogP contribution in [0.15, 0.2) is 24.3 Å². The van der Waals surface area contributed by atoms with Crippen LogP contribution in [0, 0.1) is 10.8 Å². The number of aliphatic carboxylic acids is 1. The maximum atomic E-state index is 12.8. The summed E-state index contributed by atoms with van der Waals surface area (Å²) in [6, 6.07) is 7.86. The summed E-state index contributed by atoms with van der Waals surface area (Å²) >= 11 is 0. The number of amides is 1. The number of hydrogen-bond acceptors (Lipinski definition) is 5. The first-order chi connectivity index (χ1) is 13.2. The van der Waals surface area contributed by atoms with Gasteiger partial charge in [-0.3, -0.25) is 24.2 Å². The molecule has 7 nitrogen and oxygen atoms in total. The lowest BCUT2D eigenvalue weighted by Crippen LogP contribution is -2.75. The van der Waals surface area contributed by atoms with Crippen LogP contribution in [-0.4, -0.2) is 58.7 Å². The minimum absolute atomic E-state index is 0.0000491. The van der Waals surface area contributed by atoms with Gasteiger partial charge in [0.15, 0.2) is 0 Å². The number of benzene rings is 1. The largest absolute Gasteiger partial charge is 0.481 e. The van der Waals surface area contributed by atoms with Gasteiger partial charge in [-0.1, -0.05) is 26.0 Å². The quantitative estimate of drug-likeness (QED) is 0.780. The third kappa shape index (κ3) is 3.22. The van der Waals surface area contributed by atoms with Crippen LogP contribution < -0.4 is 5.32 Å². The van der Waals surface area contributed by atoms with Crippen molar-refractivity contribution in [1.82, 2.24) is 9.80 Å². The first-order valence-corrected chi connectivity index (χ1v) is 9.85. The molecule has 0 radical (unpaired) electrons. The highest BCUT2D eigenvalue weighted by molar-refractivity contribution is 5.93. The normalized spacial score (nSPS) is 35.8. The summed E-state index contributed by atoms with van der Waals surface area (Å²) in [5, 5.41) is 11.5. The number of carbonyl (C=O) groups excluding carboxylic acids is 2. The summed E-state index contributed by atoms with van der Waals surface area (Å²) in [5.41, 5.74) is 1.34. The van der Waals surface area contributed by atoms with Crippen molar-refractivity contribution in [3.63, 3.8) is 0 Å². The van der Waals surface area contributed by atoms with Gasteiger partial charge in [0.05, 0.1) is 17.0 Å². The predicted molar refractivity (Wildman–Crippen MR) is 104 cm³/mol. The molecule has 4 aliphatic heterocycles. The average molecular weight is 385 g/mol. The third-order valence-electron chi connectivity index (χ3n) is 6.28. The van der Waals surface area contributed by atoms with E-state index in [-0.39, 0.29) is 35.7 Å². The fourth-order valence-electron chi connectivity index (χ4n) is 5.38. The van der Waals surface area contributed by atoms with Gasteiger partial charge in [0.2, 0.25) is 5.91 Å². The summed E-state index contributed by atoms with van der Waals surface area (Å²) in [6.45, 7) is 7.36. The minimum atomic E-state index is -0.887. The topological polar surface area (TPSA) is 89.9 Å². The molecule has 5 rings (SSSR count). The Balaban J connectivity index is 1.42. The lowest BCUT2D eigenvalue weighted by molar-refractivity contribution is -0.197. The molecule has 1 aromatic rings. The van der Waals surface area contributed by atoms with Crippen LogP contribution in [-0.2, 0) is 14.4 Å². The predicted octanol–water partition coefficient (Wildman–Crippen LogP) is 2.11. The molecule has 2 N–H and O–H groups in total. The van der Waals surface area contributed by atoms with Crippen molar-refractivity contribution in [3.05, 3.63) is 29.8 Å². The maximum absolute atomic E-state index is 12.8. The molecule has 4 aliphatic rings. The number of carboxylic acids is 1. The maximum Gasteiger partial charge on any atom is 0.303 e. The van der Waals surface area contributed by atoms with Gasteiger partial charge < -0.3 is 10.4 Å². The second-order valence-corrected chi connectivity index (χ2v) is 9.05. The van der Waals surface area contributed by atoms with Gasteiger partial charge in [-0.05, 0) is 24.1 Å². The highest BCUT2D eigenvalue weighted by Crippen LogP contribution is 2.51. The number of carbonyl (C=O) groups is 3. The fraction of sp³-hybridized carbons (Fsp3) is 0.571. The molecule has 4 heterocycles. The van der Waals surface area contributed by atoms with Gasteiger partial charge in [-0.25, -0.2) is 0 Å². The Morgan fingerprint density at radius 1 is 1.04 bits per heavy atom. The standard InChI is InChI=1S/C21H27N3O4/c1-20-10-23-12-21(2,19(20)28)13-24(11-20)18(23)14-6-8-15(9-7-14)22-16(25)4-3-5-17(26)27/h6-9,18H,3-5,10-13H2,1-2H3,(H,22,25)(H,26,27). The molecule has 4 saturated heterocycles. The molecule has 0 unspecified atom stereocenters. The molecule has 0 aromatic heterocycles. The second kappa shape index (κ2) is 6.67. The lowest BCUT2D eigenvalue weighted by Gasteiger charge is -2.64. The Kier molecular flexibility index (Phi) is 4.55. The van der Waals surface area contributed by atoms with E-state index in [4.69, 9.17) is 5.11 Å². The van der Waals surface area contributed by atoms with Crippen LogP contribution >= 0.6 is 0 Å². The number of piperidine rings is 2. The Morgan fingerprint density at radius 2 is 1.57 bits per heavy atom. The third-order valence-corrected chi connectivity index (χ3v) is 6.28. The Bertz CT molecular complexity index is 779. The second-order valence-electron chi connectivity index (χ2n) is 9.05. The van der Waals surface area contributed by atoms with Crippen LogP contribution in [0.4, 0.5) is 5.69 Å². The van der Waals surface area contributed by atoms with E-state index in [1.807, 2.05) is 24.3 Å². The molecule has 150 valence electrons. The van der Waals surface area contributed by atoms with Gasteiger partial charge >= 0.3 is 5.97 Å². The van der Waals surface area contributed by atoms with Gasteiger partial charge in [0.1, 0.15) is 5.78 Å². The van der Waals surface area contributed by atoms with E-state index in [0.717, 1.165) is 26.2 Å². The van der Waals surface area contributed by atoms with Crippen molar-refractivity contribution >= 4 is 23.3 Å². The summed E-state index contributed by atoms with van der Waals surface area (Å²) in [7, 11) is 0. The van der Waals surface area contributed by atoms with Crippen LogP contribution in [0.2, 0.25) is 0 Å². The first kappa shape index (κ1) is 19.1. The molecule has 7 heteroatoms. The van der Waals surface area contributed by atoms with Gasteiger partial charge in [-0.2, -0.15) is 0 Å². The summed E-state index contributed by atoms with van der Waals surface area (Å²) in [6.07, 6.45) is 0.708. The summed E-state index contributed by atoms with van der Waals surface area (Å²) < 4.78 is 0. The Labute approximate surface area is 164 Å². The number of nitrogens with zero attached hydrogens (tertiary/aromatic N) is 2. The Morgan fingerprint density at radius 3 is 2.07 bits per heavy atom. The van der Waals surface area contributed by atoms with Crippen LogP contribution in [0.3, 0.4) is 0 Å². The molecule has 4 bridgehead atoms. The number of ketones is 1. The van der Waals surface area contributed by atoms with E-state index >= 15 is 0 Å². The monoisotopic (exact) mass is 385 g/mol. The molecule has 0 spiro atoms. The van der Waals surface area contributed by atoms with E-state index in [2.05, 4.69) is 29.0 Å². The molecule has 0 aliphatic carbocycles. The van der Waals surface area contributed by atoms with E-state index in [1.165, 1.54) is 5.56 Å². The van der Waals surface area contributed by atoms with Crippen molar-refractivity contribution < 1.29 is 19.5 Å². The van der Waals surface area contributed by atoms with Gasteiger partial charge in [0, 0.05) is 44.7 Å². The van der Waals surface area contributed by atoms with Crippen molar-refractivity contribution in [2.75, 3.05) is 31.5 Å². The average Bonchev–Trinajstić information content (AvgIpc) is 2.59. The molecule has 0 atom stereocenters. The molecule has 0 saturated carbocycles. The number of nitrogens with one attached hydrogen (secondary N) is 1. The van der Waals surface area contributed by atoms with Crippen LogP contribution in [0.5, 0.6) is 0 Å². The smallest absolute Gasteiger partial charge is 0.303 e. The van der Waals surface area contributed by atoms with E-state index in [9.17, 15) is 14.4 Å². The van der Waals surface area contributed by atoms with E-state index < -0.39 is 5.97 Å². The van der Waals surface area contributed by atoms with Gasteiger partial charge in [0.25, 0.3) is 0 Å². The zero-order valence-corrected chi connectivity index (χ0v) is 16.4. The van der Waals surface area contributed by atoms with Crippen molar-refractivity contribution in [3.8, 4) is 0 Å². The first-order valence-electron chi connectivity index (χ1n) is 9.85. The number of carboxylic acid groups (broad SMARTS) is 1. The summed E-state index contributed by atoms with van der Waals surface area (Å²) in [4.78, 5) is 40.1. The Hall–Kier alpha value is -2.25. The van der Waals surface area contributed by atoms with Crippen molar-refractivity contribution in [2.45, 2.75) is 39.3 Å². The highest BCUT2D eigenvalue weighted by Gasteiger charge is 2.61. The molecule has 1 aromatic carbocycles. The fourth-order valence-corrected chi connectivity index (χ4v) is 5.38. The highest BCUT2D eigenvalue weighted by atomic mass is 16.4. The lowest BCUT2D eigenvalue weighted by atomic mass is 9.62. The zero-order chi connectivity index (χ0) is 20.1. The zero-order valence-electron chi connectivity index (χ0n) is 16.4. The molecule has 4 fully saturated rings. The van der Waals surface area contributed by atoms with Gasteiger partial charge in [-0.15, -0.1) is 0 Å². The number of Topliss-reactive ketones (excluding diaryl/α,β-unsaturated/α-hetero) is 1. The van der Waals surface area contributed by atoms with Crippen molar-refractivity contribution in [2.24, 2.45) is 10.8 Å². The molecular formula is C21H27N3O4. The molecular weight excluding hydrogens is 358 g/mol. The van der Waals surface area contributed by atoms with Crippen LogP contribution in [0.25, 0.3) is 0 Å². The van der Waals surface area contributed by atoms with E-state index in [0.29, 0.717) is 17.9 Å². The van der Waals surface area contributed by atoms with E-state index in [1.54, 1.807) is 0 Å². The molecule has 1 amide bonds.